The van der Waals surface area contributed by atoms with Gasteiger partial charge in [-0.1, -0.05) is 169 Å². The number of aryl methyl sites for hydroxylation is 1. The van der Waals surface area contributed by atoms with Crippen LogP contribution in [0.3, 0.4) is 0 Å². The van der Waals surface area contributed by atoms with Gasteiger partial charge >= 0.3 is 0 Å². The van der Waals surface area contributed by atoms with Crippen LogP contribution < -0.4 is 0 Å². The molecule has 0 aliphatic heterocycles. The number of phenolic OH excluding ortho intramolecular Hbond substituents is 1. The molecule has 9 rings (SSSR count). The number of pyridine rings is 1. The topological polar surface area (TPSA) is 50.9 Å². The molecule has 9 aromatic rings. The molecule has 64 heavy (non-hydrogen) atoms. The summed E-state index contributed by atoms with van der Waals surface area (Å²) in [5, 5.41) is 11.4. The Morgan fingerprint density at radius 3 is 1.89 bits per heavy atom. The third-order valence-electron chi connectivity index (χ3n) is 11.9. The number of nitrogens with zero attached hydrogens (tertiary/aromatic N) is 3. The number of rotatable bonds is 9. The first kappa shape index (κ1) is 38.1. The second kappa shape index (κ2) is 18.0. The van der Waals surface area contributed by atoms with Crippen molar-refractivity contribution in [3.63, 3.8) is 0 Å². The van der Waals surface area contributed by atoms with Crippen molar-refractivity contribution in [2.24, 2.45) is 0 Å². The van der Waals surface area contributed by atoms with Crippen molar-refractivity contribution in [3.8, 4) is 78.6 Å². The number of aromatic nitrogens is 3. The maximum Gasteiger partial charge on any atom is 0.148 e. The van der Waals surface area contributed by atoms with E-state index in [0.29, 0.717) is 33.7 Å². The summed E-state index contributed by atoms with van der Waals surface area (Å²) in [4.78, 5) is 10.2. The quantitative estimate of drug-likeness (QED) is 0.147. The fourth-order valence-electron chi connectivity index (χ4n) is 8.22. The number of aromatic hydroxyl groups is 1. The Kier molecular flexibility index (Phi) is 10.7. The number of hydrogen-bond acceptors (Lipinski definition) is 3. The molecule has 2 heterocycles. The molecule has 0 unspecified atom stereocenters. The summed E-state index contributed by atoms with van der Waals surface area (Å²) in [6, 6.07) is 55.0. The van der Waals surface area contributed by atoms with E-state index in [1.807, 2.05) is 111 Å². The van der Waals surface area contributed by atoms with E-state index < -0.39 is 18.6 Å². The van der Waals surface area contributed by atoms with Crippen molar-refractivity contribution in [2.45, 2.75) is 72.5 Å². The van der Waals surface area contributed by atoms with Crippen molar-refractivity contribution < 1.29 is 33.0 Å². The first-order chi connectivity index (χ1) is 32.1. The Bertz CT molecular complexity index is 3310. The first-order valence-electron chi connectivity index (χ1n) is 24.0. The van der Waals surface area contributed by atoms with Crippen LogP contribution in [0.4, 0.5) is 0 Å². The van der Waals surface area contributed by atoms with E-state index in [-0.39, 0.29) is 37.8 Å². The third kappa shape index (κ3) is 8.77. The molecule has 0 fully saturated rings. The first-order valence-corrected chi connectivity index (χ1v) is 21.5. The SMILES string of the molecule is [2H]C([2H])([2H])c1cc(-c2cc(C([2H])(C)C)cc(C([2H])(C)C)c2)ccc1-n1c(-c2ccccc2O)nc2c(-c3[c-]c(-c4cc(-c5ccc(-c6ccccc6)cc5)ccn4)cc(C(C)(C)C)c3)cccc21.[Pt]. The minimum absolute atomic E-state index is 0. The second-order valence-electron chi connectivity index (χ2n) is 17.8. The molecule has 4 nitrogen and oxygen atoms in total. The number of imidazole rings is 1. The summed E-state index contributed by atoms with van der Waals surface area (Å²) in [6.45, 7) is 11.2. The van der Waals surface area contributed by atoms with E-state index in [1.165, 1.54) is 0 Å². The molecule has 0 aliphatic carbocycles. The van der Waals surface area contributed by atoms with Gasteiger partial charge in [0.1, 0.15) is 11.6 Å². The van der Waals surface area contributed by atoms with E-state index in [0.717, 1.165) is 66.9 Å². The number of hydrogen-bond donors (Lipinski definition) is 1. The van der Waals surface area contributed by atoms with Gasteiger partial charge in [-0.05, 0) is 111 Å². The number of benzene rings is 7. The minimum Gasteiger partial charge on any atom is -0.507 e. The van der Waals surface area contributed by atoms with Crippen LogP contribution in [-0.4, -0.2) is 19.6 Å². The second-order valence-corrected chi connectivity index (χ2v) is 17.8. The van der Waals surface area contributed by atoms with Crippen LogP contribution >= 0.6 is 0 Å². The van der Waals surface area contributed by atoms with Crippen LogP contribution in [0.15, 0.2) is 164 Å². The fraction of sp³-hybridized carbons (Fsp3) is 0.186. The van der Waals surface area contributed by atoms with Gasteiger partial charge < -0.3 is 5.11 Å². The van der Waals surface area contributed by atoms with E-state index in [4.69, 9.17) is 16.8 Å². The summed E-state index contributed by atoms with van der Waals surface area (Å²) < 4.78 is 46.4. The van der Waals surface area contributed by atoms with Crippen molar-refractivity contribution in [3.05, 3.63) is 192 Å². The summed E-state index contributed by atoms with van der Waals surface area (Å²) >= 11 is 0. The van der Waals surface area contributed by atoms with E-state index in [1.54, 1.807) is 30.3 Å². The molecule has 0 saturated carbocycles. The van der Waals surface area contributed by atoms with Crippen molar-refractivity contribution in [2.75, 3.05) is 0 Å². The molecule has 5 heteroatoms. The number of fused-ring (bicyclic) bond motifs is 1. The Morgan fingerprint density at radius 1 is 0.609 bits per heavy atom. The Labute approximate surface area is 400 Å². The average molecular weight is 1020 g/mol. The van der Waals surface area contributed by atoms with Gasteiger partial charge in [-0.25, -0.2) is 4.98 Å². The molecule has 1 N–H and O–H groups in total. The average Bonchev–Trinajstić information content (AvgIpc) is 3.70. The minimum atomic E-state index is -2.57. The van der Waals surface area contributed by atoms with Crippen LogP contribution in [0.5, 0.6) is 5.75 Å². The van der Waals surface area contributed by atoms with Gasteiger partial charge in [-0.15, -0.1) is 29.3 Å². The molecule has 0 aliphatic rings. The van der Waals surface area contributed by atoms with E-state index in [2.05, 4.69) is 81.4 Å². The fourth-order valence-corrected chi connectivity index (χ4v) is 8.22. The standard InChI is InChI=1S/C59H54N3O.Pt/c1-37(2)45-30-46(38(3)4)32-47(31-45)43-25-26-54(39(5)29-43)62-55-19-14-18-51(57(55)61-58(62)52-17-12-13-20-56(52)63)48-33-49(35-50(34-48)59(6,7)8)53-36-44(27-28-60-53)42-23-21-41(22-24-42)40-15-10-9-11-16-40;/h9-32,34-38,63H,1-8H3;/q-1;/i5D3,37D,38D;. The van der Waals surface area contributed by atoms with Gasteiger partial charge in [0.2, 0.25) is 0 Å². The summed E-state index contributed by atoms with van der Waals surface area (Å²) in [5.41, 5.74) is 13.4. The van der Waals surface area contributed by atoms with E-state index in [9.17, 15) is 5.11 Å². The normalized spacial score (nSPS) is 13.3. The molecular formula is C59H54N3OPt-. The van der Waals surface area contributed by atoms with Gasteiger partial charge in [0.15, 0.2) is 0 Å². The molecule has 0 spiro atoms. The summed E-state index contributed by atoms with van der Waals surface area (Å²) in [7, 11) is 0. The zero-order valence-corrected chi connectivity index (χ0v) is 39.5. The molecule has 0 amide bonds. The maximum atomic E-state index is 11.4. The number of phenols is 1. The van der Waals surface area contributed by atoms with Crippen molar-refractivity contribution in [1.82, 2.24) is 14.5 Å². The van der Waals surface area contributed by atoms with Gasteiger partial charge in [0.05, 0.1) is 22.3 Å². The Morgan fingerprint density at radius 2 is 1.22 bits per heavy atom. The van der Waals surface area contributed by atoms with Gasteiger partial charge in [0, 0.05) is 39.8 Å². The predicted molar refractivity (Wildman–Crippen MR) is 264 cm³/mol. The van der Waals surface area contributed by atoms with Gasteiger partial charge in [0.25, 0.3) is 0 Å². The molecule has 322 valence electrons. The zero-order chi connectivity index (χ0) is 48.3. The van der Waals surface area contributed by atoms with Crippen LogP contribution in [-0.2, 0) is 26.5 Å². The van der Waals surface area contributed by atoms with Gasteiger partial charge in [-0.3, -0.25) is 9.55 Å². The molecule has 0 radical (unpaired) electrons. The Balaban J connectivity index is 0.00000642. The van der Waals surface area contributed by atoms with Crippen molar-refractivity contribution in [1.29, 1.82) is 0 Å². The maximum absolute atomic E-state index is 11.4. The molecule has 2 aromatic heterocycles. The molecule has 0 bridgehead atoms. The predicted octanol–water partition coefficient (Wildman–Crippen LogP) is 15.8. The molecule has 7 aromatic carbocycles. The molecular weight excluding hydrogens is 962 g/mol. The van der Waals surface area contributed by atoms with Crippen molar-refractivity contribution >= 4 is 11.0 Å². The van der Waals surface area contributed by atoms with Crippen LogP contribution in [0.2, 0.25) is 0 Å². The molecule has 0 atom stereocenters. The molecule has 0 saturated heterocycles. The van der Waals surface area contributed by atoms with Gasteiger partial charge in [-0.2, -0.15) is 0 Å². The summed E-state index contributed by atoms with van der Waals surface area (Å²) in [6.07, 6.45) is 1.84. The van der Waals surface area contributed by atoms with Crippen LogP contribution in [0, 0.1) is 12.9 Å². The Hall–Kier alpha value is -6.35. The van der Waals surface area contributed by atoms with E-state index >= 15 is 0 Å². The summed E-state index contributed by atoms with van der Waals surface area (Å²) in [5.74, 6) is -1.53. The third-order valence-corrected chi connectivity index (χ3v) is 11.9. The smallest absolute Gasteiger partial charge is 0.148 e. The zero-order valence-electron chi connectivity index (χ0n) is 42.2. The monoisotopic (exact) mass is 1020 g/mol. The largest absolute Gasteiger partial charge is 0.507 e. The number of para-hydroxylation sites is 2. The van der Waals surface area contributed by atoms with Crippen LogP contribution in [0.25, 0.3) is 83.9 Å². The van der Waals surface area contributed by atoms with Crippen LogP contribution in [0.1, 0.15) is 89.4 Å².